The lowest BCUT2D eigenvalue weighted by Crippen LogP contribution is -2.17. The van der Waals surface area contributed by atoms with E-state index in [0.717, 1.165) is 5.56 Å². The SMILES string of the molecule is CC(C)(C)c1ccccc1C(O)Cc1c(F)cccc1F. The first-order valence-electron chi connectivity index (χ1n) is 7.01. The molecule has 3 heteroatoms. The van der Waals surface area contributed by atoms with Gasteiger partial charge in [0.05, 0.1) is 6.10 Å². The molecule has 1 N–H and O–H groups in total. The highest BCUT2D eigenvalue weighted by atomic mass is 19.1. The van der Waals surface area contributed by atoms with Crippen LogP contribution >= 0.6 is 0 Å². The van der Waals surface area contributed by atoms with E-state index >= 15 is 0 Å². The third-order valence-electron chi connectivity index (χ3n) is 3.59. The Morgan fingerprint density at radius 1 is 0.952 bits per heavy atom. The Kier molecular flexibility index (Phi) is 4.43. The monoisotopic (exact) mass is 290 g/mol. The molecule has 2 aromatic carbocycles. The summed E-state index contributed by atoms with van der Waals surface area (Å²) < 4.78 is 27.4. The average Bonchev–Trinajstić information content (AvgIpc) is 2.42. The van der Waals surface area contributed by atoms with Crippen molar-refractivity contribution >= 4 is 0 Å². The summed E-state index contributed by atoms with van der Waals surface area (Å²) in [5.41, 5.74) is 1.47. The van der Waals surface area contributed by atoms with E-state index < -0.39 is 17.7 Å². The van der Waals surface area contributed by atoms with E-state index in [2.05, 4.69) is 0 Å². The van der Waals surface area contributed by atoms with Crippen LogP contribution in [0.4, 0.5) is 8.78 Å². The van der Waals surface area contributed by atoms with Gasteiger partial charge < -0.3 is 5.11 Å². The van der Waals surface area contributed by atoms with Crippen LogP contribution in [0.1, 0.15) is 43.6 Å². The molecular formula is C18H20F2O. The molecule has 1 atom stereocenters. The minimum Gasteiger partial charge on any atom is -0.388 e. The van der Waals surface area contributed by atoms with Gasteiger partial charge in [0.15, 0.2) is 0 Å². The van der Waals surface area contributed by atoms with Crippen LogP contribution in [0.2, 0.25) is 0 Å². The highest BCUT2D eigenvalue weighted by Crippen LogP contribution is 2.31. The molecule has 0 amide bonds. The van der Waals surface area contributed by atoms with Crippen molar-refractivity contribution in [3.63, 3.8) is 0 Å². The molecule has 0 bridgehead atoms. The fourth-order valence-corrected chi connectivity index (χ4v) is 2.50. The van der Waals surface area contributed by atoms with Crippen LogP contribution in [0, 0.1) is 11.6 Å². The first-order chi connectivity index (χ1) is 9.80. The smallest absolute Gasteiger partial charge is 0.129 e. The molecule has 0 aromatic heterocycles. The van der Waals surface area contributed by atoms with Crippen LogP contribution < -0.4 is 0 Å². The number of benzene rings is 2. The Bertz CT molecular complexity index is 609. The maximum absolute atomic E-state index is 13.7. The van der Waals surface area contributed by atoms with Crippen molar-refractivity contribution in [3.05, 3.63) is 70.8 Å². The lowest BCUT2D eigenvalue weighted by atomic mass is 9.81. The van der Waals surface area contributed by atoms with Gasteiger partial charge in [-0.15, -0.1) is 0 Å². The molecule has 0 fully saturated rings. The van der Waals surface area contributed by atoms with Gasteiger partial charge in [-0.2, -0.15) is 0 Å². The van der Waals surface area contributed by atoms with Gasteiger partial charge in [-0.05, 0) is 28.7 Å². The van der Waals surface area contributed by atoms with E-state index in [1.807, 2.05) is 45.0 Å². The van der Waals surface area contributed by atoms with Gasteiger partial charge in [-0.1, -0.05) is 51.1 Å². The molecule has 1 unspecified atom stereocenters. The average molecular weight is 290 g/mol. The van der Waals surface area contributed by atoms with Crippen LogP contribution in [0.3, 0.4) is 0 Å². The number of halogens is 2. The second-order valence-electron chi connectivity index (χ2n) is 6.26. The van der Waals surface area contributed by atoms with E-state index in [1.165, 1.54) is 18.2 Å². The van der Waals surface area contributed by atoms with E-state index in [0.29, 0.717) is 5.56 Å². The molecule has 21 heavy (non-hydrogen) atoms. The molecular weight excluding hydrogens is 270 g/mol. The molecule has 0 saturated carbocycles. The molecule has 0 spiro atoms. The summed E-state index contributed by atoms with van der Waals surface area (Å²) in [7, 11) is 0. The molecule has 1 nitrogen and oxygen atoms in total. The Labute approximate surface area is 124 Å². The molecule has 2 rings (SSSR count). The highest BCUT2D eigenvalue weighted by Gasteiger charge is 2.23. The predicted molar refractivity (Wildman–Crippen MR) is 80.2 cm³/mol. The van der Waals surface area contributed by atoms with E-state index in [9.17, 15) is 13.9 Å². The molecule has 0 radical (unpaired) electrons. The van der Waals surface area contributed by atoms with Crippen molar-refractivity contribution in [2.45, 2.75) is 38.7 Å². The van der Waals surface area contributed by atoms with Gasteiger partial charge in [0.1, 0.15) is 11.6 Å². The minimum atomic E-state index is -0.938. The van der Waals surface area contributed by atoms with Gasteiger partial charge in [0.25, 0.3) is 0 Å². The number of hydrogen-bond donors (Lipinski definition) is 1. The first kappa shape index (κ1) is 15.6. The number of hydrogen-bond acceptors (Lipinski definition) is 1. The molecule has 2 aromatic rings. The summed E-state index contributed by atoms with van der Waals surface area (Å²) in [5.74, 6) is -1.25. The summed E-state index contributed by atoms with van der Waals surface area (Å²) in [4.78, 5) is 0. The molecule has 0 aliphatic heterocycles. The Balaban J connectivity index is 2.36. The normalized spacial score (nSPS) is 13.2. The van der Waals surface area contributed by atoms with Crippen molar-refractivity contribution in [2.24, 2.45) is 0 Å². The first-order valence-corrected chi connectivity index (χ1v) is 7.01. The van der Waals surface area contributed by atoms with Gasteiger partial charge >= 0.3 is 0 Å². The van der Waals surface area contributed by atoms with E-state index in [1.54, 1.807) is 0 Å². The van der Waals surface area contributed by atoms with Crippen molar-refractivity contribution in [1.82, 2.24) is 0 Å². The lowest BCUT2D eigenvalue weighted by molar-refractivity contribution is 0.173. The van der Waals surface area contributed by atoms with Crippen LogP contribution in [0.5, 0.6) is 0 Å². The van der Waals surface area contributed by atoms with Gasteiger partial charge in [-0.25, -0.2) is 8.78 Å². The standard InChI is InChI=1S/C18H20F2O/c1-18(2,3)14-8-5-4-7-12(14)17(21)11-13-15(19)9-6-10-16(13)20/h4-10,17,21H,11H2,1-3H3. The summed E-state index contributed by atoms with van der Waals surface area (Å²) in [6, 6.07) is 11.2. The zero-order valence-electron chi connectivity index (χ0n) is 12.5. The van der Waals surface area contributed by atoms with Crippen molar-refractivity contribution in [2.75, 3.05) is 0 Å². The van der Waals surface area contributed by atoms with Crippen molar-refractivity contribution in [1.29, 1.82) is 0 Å². The predicted octanol–water partition coefficient (Wildman–Crippen LogP) is 4.54. The number of rotatable bonds is 3. The fourth-order valence-electron chi connectivity index (χ4n) is 2.50. The van der Waals surface area contributed by atoms with Crippen LogP contribution in [0.15, 0.2) is 42.5 Å². The quantitative estimate of drug-likeness (QED) is 0.880. The summed E-state index contributed by atoms with van der Waals surface area (Å²) in [6.07, 6.45) is -1.02. The largest absolute Gasteiger partial charge is 0.388 e. The summed E-state index contributed by atoms with van der Waals surface area (Å²) in [6.45, 7) is 6.13. The van der Waals surface area contributed by atoms with E-state index in [4.69, 9.17) is 0 Å². The third-order valence-corrected chi connectivity index (χ3v) is 3.59. The van der Waals surface area contributed by atoms with Crippen LogP contribution in [-0.2, 0) is 11.8 Å². The lowest BCUT2D eigenvalue weighted by Gasteiger charge is -2.25. The minimum absolute atomic E-state index is 0.0753. The molecule has 0 heterocycles. The maximum Gasteiger partial charge on any atom is 0.129 e. The molecule has 112 valence electrons. The summed E-state index contributed by atoms with van der Waals surface area (Å²) in [5, 5.41) is 10.4. The van der Waals surface area contributed by atoms with Gasteiger partial charge in [0.2, 0.25) is 0 Å². The van der Waals surface area contributed by atoms with Crippen molar-refractivity contribution < 1.29 is 13.9 Å². The Morgan fingerprint density at radius 3 is 2.10 bits per heavy atom. The second-order valence-corrected chi connectivity index (χ2v) is 6.26. The summed E-state index contributed by atoms with van der Waals surface area (Å²) >= 11 is 0. The Hall–Kier alpha value is -1.74. The van der Waals surface area contributed by atoms with Crippen LogP contribution in [0.25, 0.3) is 0 Å². The van der Waals surface area contributed by atoms with E-state index in [-0.39, 0.29) is 17.4 Å². The van der Waals surface area contributed by atoms with Gasteiger partial charge in [-0.3, -0.25) is 0 Å². The molecule has 0 aliphatic carbocycles. The van der Waals surface area contributed by atoms with Crippen molar-refractivity contribution in [3.8, 4) is 0 Å². The molecule has 0 aliphatic rings. The zero-order chi connectivity index (χ0) is 15.6. The zero-order valence-corrected chi connectivity index (χ0v) is 12.5. The number of aliphatic hydroxyl groups excluding tert-OH is 1. The fraction of sp³-hybridized carbons (Fsp3) is 0.333. The van der Waals surface area contributed by atoms with Crippen LogP contribution in [-0.4, -0.2) is 5.11 Å². The Morgan fingerprint density at radius 2 is 1.52 bits per heavy atom. The van der Waals surface area contributed by atoms with Gasteiger partial charge in [0, 0.05) is 12.0 Å². The number of aliphatic hydroxyl groups is 1. The topological polar surface area (TPSA) is 20.2 Å². The second kappa shape index (κ2) is 5.94. The third kappa shape index (κ3) is 3.48. The highest BCUT2D eigenvalue weighted by molar-refractivity contribution is 5.35. The maximum atomic E-state index is 13.7. The molecule has 0 saturated heterocycles.